The molecule has 0 aromatic carbocycles. The first-order chi connectivity index (χ1) is 8.05. The number of hydrogen-bond acceptors (Lipinski definition) is 2. The summed E-state index contributed by atoms with van der Waals surface area (Å²) in [4.78, 5) is 12.1. The highest BCUT2D eigenvalue weighted by Crippen LogP contribution is 2.24. The molecule has 3 N–H and O–H groups in total. The number of carbonyl (C=O) groups excluding carboxylic acids is 1. The first-order valence-electron chi connectivity index (χ1n) is 7.11. The lowest BCUT2D eigenvalue weighted by Gasteiger charge is -2.33. The number of carbonyl (C=O) groups is 1. The molecule has 0 spiro atoms. The molecule has 0 aliphatic rings. The molecule has 0 bridgehead atoms. The number of nitrogens with one attached hydrogen (secondary N) is 1. The fourth-order valence-corrected chi connectivity index (χ4v) is 1.76. The van der Waals surface area contributed by atoms with E-state index in [0.29, 0.717) is 5.92 Å². The molecule has 0 radical (unpaired) electrons. The summed E-state index contributed by atoms with van der Waals surface area (Å²) in [7, 11) is 0. The van der Waals surface area contributed by atoms with Crippen LogP contribution in [0.3, 0.4) is 0 Å². The molecule has 0 saturated heterocycles. The minimum absolute atomic E-state index is 0. The van der Waals surface area contributed by atoms with E-state index < -0.39 is 0 Å². The lowest BCUT2D eigenvalue weighted by Crippen LogP contribution is -2.48. The van der Waals surface area contributed by atoms with Crippen molar-refractivity contribution in [2.24, 2.45) is 23.0 Å². The van der Waals surface area contributed by atoms with Gasteiger partial charge < -0.3 is 11.1 Å². The lowest BCUT2D eigenvalue weighted by atomic mass is 9.82. The maximum atomic E-state index is 12.1. The van der Waals surface area contributed by atoms with Crippen LogP contribution in [0.2, 0.25) is 0 Å². The van der Waals surface area contributed by atoms with Crippen molar-refractivity contribution in [1.29, 1.82) is 0 Å². The zero-order valence-corrected chi connectivity index (χ0v) is 14.4. The highest BCUT2D eigenvalue weighted by atomic mass is 35.5. The molecule has 0 rings (SSSR count). The summed E-state index contributed by atoms with van der Waals surface area (Å²) >= 11 is 0. The molecular formula is C15H33ClN2O. The van der Waals surface area contributed by atoms with Crippen molar-refractivity contribution in [3.63, 3.8) is 0 Å². The zero-order chi connectivity index (χ0) is 14.5. The molecule has 1 amide bonds. The third kappa shape index (κ3) is 8.48. The quantitative estimate of drug-likeness (QED) is 0.789. The Labute approximate surface area is 125 Å². The molecule has 0 fully saturated rings. The second kappa shape index (κ2) is 8.80. The van der Waals surface area contributed by atoms with Gasteiger partial charge in [-0.1, -0.05) is 41.5 Å². The van der Waals surface area contributed by atoms with E-state index in [1.54, 1.807) is 0 Å². The topological polar surface area (TPSA) is 55.1 Å². The Balaban J connectivity index is 0. The van der Waals surface area contributed by atoms with Crippen LogP contribution in [0.25, 0.3) is 0 Å². The van der Waals surface area contributed by atoms with Crippen molar-refractivity contribution in [2.45, 2.75) is 73.4 Å². The molecular weight excluding hydrogens is 260 g/mol. The van der Waals surface area contributed by atoms with Crippen molar-refractivity contribution in [3.8, 4) is 0 Å². The Morgan fingerprint density at radius 1 is 1.11 bits per heavy atom. The van der Waals surface area contributed by atoms with Crippen LogP contribution < -0.4 is 11.1 Å². The average molecular weight is 293 g/mol. The minimum Gasteiger partial charge on any atom is -0.353 e. The van der Waals surface area contributed by atoms with Crippen molar-refractivity contribution < 1.29 is 4.79 Å². The van der Waals surface area contributed by atoms with E-state index in [9.17, 15) is 4.79 Å². The predicted molar refractivity (Wildman–Crippen MR) is 85.5 cm³/mol. The number of amides is 1. The molecule has 116 valence electrons. The standard InChI is InChI=1S/C15H32N2O.ClH/c1-10(2)8-9-13(15(5,6)7)17-14(18)11(3)12(4)16;/h10-13H,8-9,16H2,1-7H3,(H,17,18);1H. The van der Waals surface area contributed by atoms with Crippen LogP contribution in [-0.4, -0.2) is 18.0 Å². The van der Waals surface area contributed by atoms with Crippen LogP contribution in [0.1, 0.15) is 61.3 Å². The first kappa shape index (κ1) is 21.0. The van der Waals surface area contributed by atoms with Gasteiger partial charge in [0.2, 0.25) is 5.91 Å². The third-order valence-electron chi connectivity index (χ3n) is 3.60. The maximum absolute atomic E-state index is 12.1. The largest absolute Gasteiger partial charge is 0.353 e. The lowest BCUT2D eigenvalue weighted by molar-refractivity contribution is -0.126. The van der Waals surface area contributed by atoms with Crippen LogP contribution in [0.5, 0.6) is 0 Å². The Bertz CT molecular complexity index is 259. The average Bonchev–Trinajstić information content (AvgIpc) is 2.20. The van der Waals surface area contributed by atoms with Gasteiger partial charge in [0.15, 0.2) is 0 Å². The second-order valence-electron chi connectivity index (χ2n) is 7.05. The van der Waals surface area contributed by atoms with Crippen LogP contribution in [-0.2, 0) is 4.79 Å². The fraction of sp³-hybridized carbons (Fsp3) is 0.933. The first-order valence-corrected chi connectivity index (χ1v) is 7.11. The molecule has 0 aromatic rings. The summed E-state index contributed by atoms with van der Waals surface area (Å²) in [5, 5.41) is 3.17. The third-order valence-corrected chi connectivity index (χ3v) is 3.60. The Morgan fingerprint density at radius 2 is 1.58 bits per heavy atom. The molecule has 4 heteroatoms. The summed E-state index contributed by atoms with van der Waals surface area (Å²) in [6.45, 7) is 14.7. The Morgan fingerprint density at radius 3 is 1.89 bits per heavy atom. The predicted octanol–water partition coefficient (Wildman–Crippen LogP) is 3.36. The van der Waals surface area contributed by atoms with Gasteiger partial charge in [0.1, 0.15) is 0 Å². The molecule has 0 heterocycles. The number of nitrogens with two attached hydrogens (primary N) is 1. The molecule has 0 aromatic heterocycles. The molecule has 3 nitrogen and oxygen atoms in total. The van der Waals surface area contributed by atoms with Crippen LogP contribution >= 0.6 is 12.4 Å². The van der Waals surface area contributed by atoms with Crippen molar-refractivity contribution in [3.05, 3.63) is 0 Å². The summed E-state index contributed by atoms with van der Waals surface area (Å²) in [5.74, 6) is 0.611. The van der Waals surface area contributed by atoms with Gasteiger partial charge in [-0.2, -0.15) is 0 Å². The number of halogens is 1. The van der Waals surface area contributed by atoms with Crippen LogP contribution in [0, 0.1) is 17.3 Å². The Kier molecular flexibility index (Phi) is 9.74. The molecule has 0 aliphatic heterocycles. The summed E-state index contributed by atoms with van der Waals surface area (Å²) < 4.78 is 0. The highest BCUT2D eigenvalue weighted by Gasteiger charge is 2.28. The molecule has 3 unspecified atom stereocenters. The van der Waals surface area contributed by atoms with E-state index >= 15 is 0 Å². The normalized spacial score (nSPS) is 16.5. The van der Waals surface area contributed by atoms with Gasteiger partial charge in [-0.3, -0.25) is 4.79 Å². The zero-order valence-electron chi connectivity index (χ0n) is 13.6. The molecule has 0 aliphatic carbocycles. The van der Waals surface area contributed by atoms with Gasteiger partial charge in [0.05, 0.1) is 0 Å². The SMILES string of the molecule is CC(C)CCC(NC(=O)C(C)C(C)N)C(C)(C)C.Cl. The van der Waals surface area contributed by atoms with Crippen molar-refractivity contribution in [2.75, 3.05) is 0 Å². The molecule has 19 heavy (non-hydrogen) atoms. The van der Waals surface area contributed by atoms with Gasteiger partial charge in [0, 0.05) is 18.0 Å². The summed E-state index contributed by atoms with van der Waals surface area (Å²) in [5.41, 5.74) is 5.87. The van der Waals surface area contributed by atoms with E-state index in [1.807, 2.05) is 13.8 Å². The van der Waals surface area contributed by atoms with E-state index in [4.69, 9.17) is 5.73 Å². The summed E-state index contributed by atoms with van der Waals surface area (Å²) in [6.07, 6.45) is 2.16. The van der Waals surface area contributed by atoms with Gasteiger partial charge >= 0.3 is 0 Å². The second-order valence-corrected chi connectivity index (χ2v) is 7.05. The van der Waals surface area contributed by atoms with E-state index in [1.165, 1.54) is 0 Å². The fourth-order valence-electron chi connectivity index (χ4n) is 1.76. The smallest absolute Gasteiger partial charge is 0.224 e. The van der Waals surface area contributed by atoms with Crippen LogP contribution in [0.4, 0.5) is 0 Å². The Hall–Kier alpha value is -0.280. The van der Waals surface area contributed by atoms with Crippen molar-refractivity contribution in [1.82, 2.24) is 5.32 Å². The maximum Gasteiger partial charge on any atom is 0.224 e. The van der Waals surface area contributed by atoms with Gasteiger partial charge in [0.25, 0.3) is 0 Å². The van der Waals surface area contributed by atoms with Crippen molar-refractivity contribution >= 4 is 18.3 Å². The van der Waals surface area contributed by atoms with E-state index in [0.717, 1.165) is 12.8 Å². The molecule has 0 saturated carbocycles. The van der Waals surface area contributed by atoms with E-state index in [-0.39, 0.29) is 41.7 Å². The van der Waals surface area contributed by atoms with Crippen LogP contribution in [0.15, 0.2) is 0 Å². The van der Waals surface area contributed by atoms with Gasteiger partial charge in [-0.25, -0.2) is 0 Å². The number of hydrogen-bond donors (Lipinski definition) is 2. The summed E-state index contributed by atoms with van der Waals surface area (Å²) in [6, 6.07) is 0.115. The number of rotatable bonds is 6. The van der Waals surface area contributed by atoms with Gasteiger partial charge in [-0.15, -0.1) is 12.4 Å². The monoisotopic (exact) mass is 292 g/mol. The highest BCUT2D eigenvalue weighted by molar-refractivity contribution is 5.85. The van der Waals surface area contributed by atoms with E-state index in [2.05, 4.69) is 39.9 Å². The van der Waals surface area contributed by atoms with Gasteiger partial charge in [-0.05, 0) is 31.1 Å². The minimum atomic E-state index is -0.131. The molecule has 3 atom stereocenters.